The average Bonchev–Trinajstić information content (AvgIpc) is 3.18. The molecule has 1 aliphatic carbocycles. The Morgan fingerprint density at radius 1 is 1.38 bits per heavy atom. The topological polar surface area (TPSA) is 52.2 Å². The molecule has 1 aromatic heterocycles. The summed E-state index contributed by atoms with van der Waals surface area (Å²) in [5, 5.41) is 8.12. The molecule has 1 aliphatic rings. The van der Waals surface area contributed by atoms with Crippen LogP contribution in [0, 0.1) is 6.92 Å². The molecule has 0 unspecified atom stereocenters. The Morgan fingerprint density at radius 3 is 3.00 bits per heavy atom. The van der Waals surface area contributed by atoms with Crippen LogP contribution in [0.15, 0.2) is 29.4 Å². The van der Waals surface area contributed by atoms with E-state index in [1.54, 1.807) is 0 Å². The Balaban J connectivity index is 1.67. The van der Waals surface area contributed by atoms with E-state index in [-0.39, 0.29) is 0 Å². The van der Waals surface area contributed by atoms with E-state index < -0.39 is 0 Å². The number of hydrogen-bond donors (Lipinski definition) is 3. The predicted octanol–water partition coefficient (Wildman–Crippen LogP) is 2.74. The zero-order valence-corrected chi connectivity index (χ0v) is 12.9. The summed E-state index contributed by atoms with van der Waals surface area (Å²) in [6.07, 6.45) is 5.62. The van der Waals surface area contributed by atoms with E-state index in [1.807, 2.05) is 0 Å². The zero-order chi connectivity index (χ0) is 14.7. The minimum atomic E-state index is 0.637. The molecule has 1 heterocycles. The van der Waals surface area contributed by atoms with Crippen molar-refractivity contribution in [3.63, 3.8) is 0 Å². The summed E-state index contributed by atoms with van der Waals surface area (Å²) in [6.45, 7) is 5.99. The summed E-state index contributed by atoms with van der Waals surface area (Å²) in [7, 11) is 0. The third kappa shape index (κ3) is 3.38. The highest BCUT2D eigenvalue weighted by atomic mass is 15.2. The number of benzene rings is 1. The fourth-order valence-electron chi connectivity index (χ4n) is 2.68. The molecule has 4 nitrogen and oxygen atoms in total. The highest BCUT2D eigenvalue weighted by molar-refractivity contribution is 5.86. The van der Waals surface area contributed by atoms with Gasteiger partial charge in [-0.15, -0.1) is 0 Å². The van der Waals surface area contributed by atoms with Gasteiger partial charge < -0.3 is 15.6 Å². The number of aromatic nitrogens is 1. The molecule has 4 heteroatoms. The highest BCUT2D eigenvalue weighted by Gasteiger charge is 2.21. The fourth-order valence-corrected chi connectivity index (χ4v) is 2.68. The maximum atomic E-state index is 4.69. The molecule has 0 aliphatic heterocycles. The van der Waals surface area contributed by atoms with Crippen molar-refractivity contribution in [1.82, 2.24) is 15.6 Å². The molecule has 1 fully saturated rings. The minimum Gasteiger partial charge on any atom is -0.361 e. The van der Waals surface area contributed by atoms with Gasteiger partial charge in [-0.25, -0.2) is 0 Å². The largest absolute Gasteiger partial charge is 0.361 e. The van der Waals surface area contributed by atoms with Crippen LogP contribution in [0.4, 0.5) is 0 Å². The van der Waals surface area contributed by atoms with Gasteiger partial charge in [0.25, 0.3) is 0 Å². The van der Waals surface area contributed by atoms with Gasteiger partial charge in [0.2, 0.25) is 0 Å². The van der Waals surface area contributed by atoms with Crippen LogP contribution in [0.3, 0.4) is 0 Å². The van der Waals surface area contributed by atoms with Crippen LogP contribution in [0.2, 0.25) is 0 Å². The lowest BCUT2D eigenvalue weighted by molar-refractivity contribution is 0.809. The van der Waals surface area contributed by atoms with Crippen LogP contribution in [0.25, 0.3) is 10.9 Å². The number of aliphatic imine (C=N–C) groups is 1. The molecule has 0 amide bonds. The van der Waals surface area contributed by atoms with Gasteiger partial charge in [0.1, 0.15) is 0 Å². The molecule has 0 bridgehead atoms. The number of fused-ring (bicyclic) bond motifs is 1. The molecule has 3 N–H and O–H groups in total. The van der Waals surface area contributed by atoms with Gasteiger partial charge >= 0.3 is 0 Å². The molecule has 0 saturated heterocycles. The first-order valence-corrected chi connectivity index (χ1v) is 7.88. The van der Waals surface area contributed by atoms with Crippen LogP contribution >= 0.6 is 0 Å². The van der Waals surface area contributed by atoms with Crippen molar-refractivity contribution in [3.05, 3.63) is 35.5 Å². The van der Waals surface area contributed by atoms with Crippen molar-refractivity contribution in [2.24, 2.45) is 4.99 Å². The van der Waals surface area contributed by atoms with E-state index >= 15 is 0 Å². The molecular formula is C17H24N4. The molecule has 0 radical (unpaired) electrons. The van der Waals surface area contributed by atoms with E-state index in [0.717, 1.165) is 25.5 Å². The first-order valence-electron chi connectivity index (χ1n) is 7.88. The smallest absolute Gasteiger partial charge is 0.191 e. The molecular weight excluding hydrogens is 260 g/mol. The number of H-pyrrole nitrogens is 1. The fraction of sp³-hybridized carbons (Fsp3) is 0.471. The number of hydrogen-bond acceptors (Lipinski definition) is 1. The number of aryl methyl sites for hydroxylation is 1. The lowest BCUT2D eigenvalue weighted by atomic mass is 10.1. The number of rotatable bonds is 5. The normalized spacial score (nSPS) is 15.4. The van der Waals surface area contributed by atoms with Gasteiger partial charge in [-0.2, -0.15) is 0 Å². The lowest BCUT2D eigenvalue weighted by Gasteiger charge is -2.10. The van der Waals surface area contributed by atoms with Crippen molar-refractivity contribution >= 4 is 16.9 Å². The monoisotopic (exact) mass is 284 g/mol. The van der Waals surface area contributed by atoms with Crippen LogP contribution < -0.4 is 10.6 Å². The van der Waals surface area contributed by atoms with Crippen molar-refractivity contribution in [1.29, 1.82) is 0 Å². The first kappa shape index (κ1) is 14.0. The molecule has 1 saturated carbocycles. The van der Waals surface area contributed by atoms with E-state index in [4.69, 9.17) is 0 Å². The highest BCUT2D eigenvalue weighted by Crippen LogP contribution is 2.22. The van der Waals surface area contributed by atoms with E-state index in [9.17, 15) is 0 Å². The lowest BCUT2D eigenvalue weighted by Crippen LogP contribution is -2.38. The van der Waals surface area contributed by atoms with Crippen LogP contribution in [0.1, 0.15) is 30.9 Å². The SMILES string of the molecule is CCNC(=NCCc1c[nH]c2cccc(C)c12)NC1CC1. The zero-order valence-electron chi connectivity index (χ0n) is 12.9. The Hall–Kier alpha value is -1.97. The second kappa shape index (κ2) is 6.20. The average molecular weight is 284 g/mol. The minimum absolute atomic E-state index is 0.637. The maximum Gasteiger partial charge on any atom is 0.191 e. The number of nitrogens with zero attached hydrogens (tertiary/aromatic N) is 1. The summed E-state index contributed by atoms with van der Waals surface area (Å²) in [5.74, 6) is 0.955. The summed E-state index contributed by atoms with van der Waals surface area (Å²) < 4.78 is 0. The molecule has 0 atom stereocenters. The molecule has 2 aromatic rings. The number of aromatic amines is 1. The molecule has 3 rings (SSSR count). The summed E-state index contributed by atoms with van der Waals surface area (Å²) in [6, 6.07) is 7.03. The molecule has 0 spiro atoms. The van der Waals surface area contributed by atoms with Crippen molar-refractivity contribution in [2.75, 3.05) is 13.1 Å². The van der Waals surface area contributed by atoms with Crippen molar-refractivity contribution < 1.29 is 0 Å². The third-order valence-corrected chi connectivity index (χ3v) is 3.91. The van der Waals surface area contributed by atoms with Gasteiger partial charge in [0.05, 0.1) is 0 Å². The quantitative estimate of drug-likeness (QED) is 0.584. The van der Waals surface area contributed by atoms with E-state index in [2.05, 4.69) is 58.9 Å². The predicted molar refractivity (Wildman–Crippen MR) is 88.9 cm³/mol. The standard InChI is InChI=1S/C17H24N4/c1-3-18-17(21-14-7-8-14)19-10-9-13-11-20-15-6-4-5-12(2)16(13)15/h4-6,11,14,20H,3,7-10H2,1-2H3,(H2,18,19,21). The van der Waals surface area contributed by atoms with Gasteiger partial charge in [-0.05, 0) is 50.3 Å². The molecule has 1 aromatic carbocycles. The van der Waals surface area contributed by atoms with Crippen LogP contribution in [-0.2, 0) is 6.42 Å². The van der Waals surface area contributed by atoms with Crippen LogP contribution in [-0.4, -0.2) is 30.1 Å². The van der Waals surface area contributed by atoms with Crippen LogP contribution in [0.5, 0.6) is 0 Å². The Bertz CT molecular complexity index is 637. The van der Waals surface area contributed by atoms with Crippen molar-refractivity contribution in [3.8, 4) is 0 Å². The van der Waals surface area contributed by atoms with E-state index in [1.165, 1.54) is 34.9 Å². The number of nitrogens with one attached hydrogen (secondary N) is 3. The molecule has 112 valence electrons. The third-order valence-electron chi connectivity index (χ3n) is 3.91. The second-order valence-corrected chi connectivity index (χ2v) is 5.74. The summed E-state index contributed by atoms with van der Waals surface area (Å²) in [5.41, 5.74) is 3.90. The van der Waals surface area contributed by atoms with Gasteiger partial charge in [-0.3, -0.25) is 4.99 Å². The maximum absolute atomic E-state index is 4.69. The van der Waals surface area contributed by atoms with Gasteiger partial charge in [0.15, 0.2) is 5.96 Å². The van der Waals surface area contributed by atoms with Gasteiger partial charge in [0, 0.05) is 36.2 Å². The Morgan fingerprint density at radius 2 is 2.24 bits per heavy atom. The van der Waals surface area contributed by atoms with Crippen molar-refractivity contribution in [2.45, 2.75) is 39.2 Å². The second-order valence-electron chi connectivity index (χ2n) is 5.74. The number of guanidine groups is 1. The van der Waals surface area contributed by atoms with Gasteiger partial charge in [-0.1, -0.05) is 12.1 Å². The Labute approximate surface area is 126 Å². The Kier molecular flexibility index (Phi) is 4.13. The van der Waals surface area contributed by atoms with E-state index in [0.29, 0.717) is 6.04 Å². The molecule has 21 heavy (non-hydrogen) atoms. The summed E-state index contributed by atoms with van der Waals surface area (Å²) in [4.78, 5) is 8.04. The first-order chi connectivity index (χ1) is 10.3. The summed E-state index contributed by atoms with van der Waals surface area (Å²) >= 11 is 0.